The van der Waals surface area contributed by atoms with E-state index in [1.165, 1.54) is 39.9 Å². The number of rotatable bonds is 6. The molecule has 0 saturated carbocycles. The van der Waals surface area contributed by atoms with Crippen LogP contribution in [0.2, 0.25) is 5.02 Å². The molecule has 4 rings (SSSR count). The van der Waals surface area contributed by atoms with Gasteiger partial charge in [0, 0.05) is 22.5 Å². The van der Waals surface area contributed by atoms with Crippen molar-refractivity contribution in [1.82, 2.24) is 9.29 Å². The summed E-state index contributed by atoms with van der Waals surface area (Å²) in [7, 11) is -2.22. The van der Waals surface area contributed by atoms with Crippen molar-refractivity contribution < 1.29 is 41.0 Å². The summed E-state index contributed by atoms with van der Waals surface area (Å²) in [6.45, 7) is 0.290. The summed E-state index contributed by atoms with van der Waals surface area (Å²) in [5, 5.41) is 12.7. The van der Waals surface area contributed by atoms with E-state index >= 15 is 0 Å². The van der Waals surface area contributed by atoms with Crippen molar-refractivity contribution >= 4 is 50.0 Å². The number of hydrogen-bond donors (Lipinski definition) is 2. The quantitative estimate of drug-likeness (QED) is 0.391. The molecule has 2 heterocycles. The van der Waals surface area contributed by atoms with E-state index in [0.29, 0.717) is 23.0 Å². The number of hydrogen-bond acceptors (Lipinski definition) is 7. The third kappa shape index (κ3) is 7.91. The van der Waals surface area contributed by atoms with Crippen LogP contribution in [0.5, 0.6) is 5.75 Å². The minimum absolute atomic E-state index is 0.123. The minimum atomic E-state index is -5.08. The number of methoxy groups -OCH3 is 1. The molecule has 39 heavy (non-hydrogen) atoms. The molecule has 210 valence electrons. The van der Waals surface area contributed by atoms with Gasteiger partial charge in [0.2, 0.25) is 15.9 Å². The molecule has 2 N–H and O–H groups in total. The highest BCUT2D eigenvalue weighted by atomic mass is 35.5. The number of carboxylic acid groups (broad SMARTS) is 1. The van der Waals surface area contributed by atoms with Crippen LogP contribution in [0, 0.1) is 0 Å². The number of thiazole rings is 1. The van der Waals surface area contributed by atoms with Gasteiger partial charge in [0.1, 0.15) is 11.8 Å². The van der Waals surface area contributed by atoms with Gasteiger partial charge in [0.05, 0.1) is 17.7 Å². The molecule has 1 amide bonds. The SMILES string of the molecule is COc1ccc(-c2csc(NC(=O)[C@H]3CCCCN3S(=O)(=O)c3ccc(Cl)cc3)n2)cc1.O=C(O)C(F)(F)F. The number of anilines is 1. The first kappa shape index (κ1) is 30.3. The maximum Gasteiger partial charge on any atom is 0.490 e. The van der Waals surface area contributed by atoms with Gasteiger partial charge in [-0.3, -0.25) is 4.79 Å². The lowest BCUT2D eigenvalue weighted by Crippen LogP contribution is -2.49. The van der Waals surface area contributed by atoms with Crippen LogP contribution in [-0.2, 0) is 19.6 Å². The van der Waals surface area contributed by atoms with Gasteiger partial charge in [-0.2, -0.15) is 17.5 Å². The molecule has 15 heteroatoms. The largest absolute Gasteiger partial charge is 0.497 e. The zero-order chi connectivity index (χ0) is 28.8. The summed E-state index contributed by atoms with van der Waals surface area (Å²) in [5.41, 5.74) is 1.62. The van der Waals surface area contributed by atoms with Gasteiger partial charge in [-0.05, 0) is 61.4 Å². The first-order chi connectivity index (χ1) is 18.3. The standard InChI is InChI=1S/C22H22ClN3O4S2.C2HF3O2/c1-30-17-9-5-15(6-10-17)19-14-31-22(24-19)25-21(27)20-4-2-3-13-26(20)32(28,29)18-11-7-16(23)8-12-18;3-2(4,5)1(6)7/h5-12,14,20H,2-4,13H2,1H3,(H,24,25,27);(H,6,7)/t20-;/m1./s1. The summed E-state index contributed by atoms with van der Waals surface area (Å²) >= 11 is 7.19. The molecule has 1 aliphatic rings. The fourth-order valence-electron chi connectivity index (χ4n) is 3.61. The highest BCUT2D eigenvalue weighted by Gasteiger charge is 2.39. The topological polar surface area (TPSA) is 126 Å². The first-order valence-corrected chi connectivity index (χ1v) is 14.0. The maximum absolute atomic E-state index is 13.2. The molecular formula is C24H23ClF3N3O6S2. The Labute approximate surface area is 231 Å². The van der Waals surface area contributed by atoms with E-state index in [4.69, 9.17) is 26.2 Å². The van der Waals surface area contributed by atoms with Crippen LogP contribution in [-0.4, -0.2) is 60.6 Å². The summed E-state index contributed by atoms with van der Waals surface area (Å²) in [6, 6.07) is 12.7. The molecule has 0 spiro atoms. The Bertz CT molecular complexity index is 1400. The molecule has 9 nitrogen and oxygen atoms in total. The lowest BCUT2D eigenvalue weighted by Gasteiger charge is -2.33. The number of alkyl halides is 3. The molecule has 0 unspecified atom stereocenters. The number of amides is 1. The van der Waals surface area contributed by atoms with Crippen LogP contribution in [0.3, 0.4) is 0 Å². The number of carbonyl (C=O) groups excluding carboxylic acids is 1. The van der Waals surface area contributed by atoms with Crippen molar-refractivity contribution in [3.8, 4) is 17.0 Å². The number of aliphatic carboxylic acids is 1. The molecule has 0 aliphatic carbocycles. The van der Waals surface area contributed by atoms with Gasteiger partial charge in [-0.15, -0.1) is 11.3 Å². The van der Waals surface area contributed by atoms with Gasteiger partial charge >= 0.3 is 12.1 Å². The Kier molecular flexibility index (Phi) is 9.93. The number of carbonyl (C=O) groups is 2. The third-order valence-electron chi connectivity index (χ3n) is 5.54. The third-order valence-corrected chi connectivity index (χ3v) is 8.47. The van der Waals surface area contributed by atoms with Crippen molar-refractivity contribution in [2.24, 2.45) is 0 Å². The number of benzene rings is 2. The van der Waals surface area contributed by atoms with Crippen molar-refractivity contribution in [3.63, 3.8) is 0 Å². The number of nitrogens with zero attached hydrogens (tertiary/aromatic N) is 2. The number of nitrogens with one attached hydrogen (secondary N) is 1. The van der Waals surface area contributed by atoms with Crippen molar-refractivity contribution in [2.75, 3.05) is 19.0 Å². The van der Waals surface area contributed by atoms with Crippen LogP contribution in [0.15, 0.2) is 58.8 Å². The second-order valence-electron chi connectivity index (χ2n) is 8.14. The minimum Gasteiger partial charge on any atom is -0.497 e. The van der Waals surface area contributed by atoms with Gasteiger partial charge < -0.3 is 15.2 Å². The smallest absolute Gasteiger partial charge is 0.490 e. The summed E-state index contributed by atoms with van der Waals surface area (Å²) in [5.74, 6) is -2.39. The number of aromatic nitrogens is 1. The Morgan fingerprint density at radius 1 is 1.13 bits per heavy atom. The van der Waals surface area contributed by atoms with Gasteiger partial charge in [-0.1, -0.05) is 18.0 Å². The Morgan fingerprint density at radius 2 is 1.74 bits per heavy atom. The fraction of sp³-hybridized carbons (Fsp3) is 0.292. The van der Waals surface area contributed by atoms with Crippen LogP contribution in [0.25, 0.3) is 11.3 Å². The molecule has 1 saturated heterocycles. The molecule has 2 aromatic carbocycles. The monoisotopic (exact) mass is 605 g/mol. The maximum atomic E-state index is 13.2. The van der Waals surface area contributed by atoms with E-state index in [1.807, 2.05) is 29.6 Å². The molecular weight excluding hydrogens is 583 g/mol. The van der Waals surface area contributed by atoms with Crippen LogP contribution in [0.1, 0.15) is 19.3 Å². The number of piperidine rings is 1. The van der Waals surface area contributed by atoms with Crippen LogP contribution >= 0.6 is 22.9 Å². The zero-order valence-corrected chi connectivity index (χ0v) is 22.7. The number of ether oxygens (including phenoxy) is 1. The van der Waals surface area contributed by atoms with Crippen LogP contribution in [0.4, 0.5) is 18.3 Å². The normalized spacial score (nSPS) is 16.1. The number of carboxylic acids is 1. The van der Waals surface area contributed by atoms with E-state index in [-0.39, 0.29) is 17.3 Å². The Hall–Kier alpha value is -3.20. The first-order valence-electron chi connectivity index (χ1n) is 11.3. The van der Waals surface area contributed by atoms with E-state index in [2.05, 4.69) is 10.3 Å². The summed E-state index contributed by atoms with van der Waals surface area (Å²) in [4.78, 5) is 26.6. The molecule has 1 atom stereocenters. The lowest BCUT2D eigenvalue weighted by atomic mass is 10.0. The van der Waals surface area contributed by atoms with Gasteiger partial charge in [0.25, 0.3) is 0 Å². The van der Waals surface area contributed by atoms with Crippen molar-refractivity contribution in [3.05, 3.63) is 58.9 Å². The number of sulfonamides is 1. The van der Waals surface area contributed by atoms with E-state index in [0.717, 1.165) is 23.4 Å². The highest BCUT2D eigenvalue weighted by molar-refractivity contribution is 7.89. The molecule has 1 aliphatic heterocycles. The second kappa shape index (κ2) is 12.8. The number of halogens is 4. The van der Waals surface area contributed by atoms with Crippen LogP contribution < -0.4 is 10.1 Å². The predicted octanol–water partition coefficient (Wildman–Crippen LogP) is 5.29. The Balaban J connectivity index is 0.000000532. The van der Waals surface area contributed by atoms with Gasteiger partial charge in [0.15, 0.2) is 5.13 Å². The molecule has 1 aromatic heterocycles. The summed E-state index contributed by atoms with van der Waals surface area (Å²) < 4.78 is 64.6. The zero-order valence-electron chi connectivity index (χ0n) is 20.3. The van der Waals surface area contributed by atoms with Gasteiger partial charge in [-0.25, -0.2) is 18.2 Å². The Morgan fingerprint density at radius 3 is 2.31 bits per heavy atom. The molecule has 3 aromatic rings. The molecule has 1 fully saturated rings. The fourth-order valence-corrected chi connectivity index (χ4v) is 6.12. The second-order valence-corrected chi connectivity index (χ2v) is 11.3. The molecule has 0 radical (unpaired) electrons. The average molecular weight is 606 g/mol. The average Bonchev–Trinajstić information content (AvgIpc) is 3.37. The van der Waals surface area contributed by atoms with Crippen molar-refractivity contribution in [2.45, 2.75) is 36.4 Å². The van der Waals surface area contributed by atoms with E-state index in [9.17, 15) is 26.4 Å². The molecule has 0 bridgehead atoms. The predicted molar refractivity (Wildman–Crippen MR) is 139 cm³/mol. The van der Waals surface area contributed by atoms with E-state index in [1.54, 1.807) is 7.11 Å². The van der Waals surface area contributed by atoms with E-state index < -0.39 is 28.2 Å². The lowest BCUT2D eigenvalue weighted by molar-refractivity contribution is -0.192. The highest BCUT2D eigenvalue weighted by Crippen LogP contribution is 2.29. The van der Waals surface area contributed by atoms with Crippen molar-refractivity contribution in [1.29, 1.82) is 0 Å². The summed E-state index contributed by atoms with van der Waals surface area (Å²) in [6.07, 6.45) is -3.15.